The minimum Gasteiger partial charge on any atom is -0.398 e. The van der Waals surface area contributed by atoms with Crippen molar-refractivity contribution in [3.8, 4) is 0 Å². The molecule has 0 aliphatic carbocycles. The lowest BCUT2D eigenvalue weighted by Gasteiger charge is -2.03. The molecule has 1 aromatic heterocycles. The highest BCUT2D eigenvalue weighted by Crippen LogP contribution is 2.30. The van der Waals surface area contributed by atoms with Crippen molar-refractivity contribution in [3.63, 3.8) is 0 Å². The van der Waals surface area contributed by atoms with Gasteiger partial charge in [-0.25, -0.2) is 4.98 Å². The van der Waals surface area contributed by atoms with Gasteiger partial charge in [-0.1, -0.05) is 11.6 Å². The Morgan fingerprint density at radius 2 is 2.33 bits per heavy atom. The zero-order chi connectivity index (χ0) is 10.7. The van der Waals surface area contributed by atoms with Gasteiger partial charge in [-0.15, -0.1) is 23.1 Å². The number of thioether (sulfide) groups is 1. The maximum atomic E-state index is 5.84. The van der Waals surface area contributed by atoms with Gasteiger partial charge in [0.15, 0.2) is 0 Å². The number of nitrogens with two attached hydrogens (primary N) is 1. The van der Waals surface area contributed by atoms with Crippen LogP contribution in [0.5, 0.6) is 0 Å². The van der Waals surface area contributed by atoms with Gasteiger partial charge < -0.3 is 5.73 Å². The molecule has 0 saturated carbocycles. The lowest BCUT2D eigenvalue weighted by molar-refractivity contribution is 1.26. The van der Waals surface area contributed by atoms with Crippen LogP contribution >= 0.6 is 34.7 Å². The highest BCUT2D eigenvalue weighted by molar-refractivity contribution is 7.98. The van der Waals surface area contributed by atoms with Crippen LogP contribution in [0.2, 0.25) is 5.02 Å². The average Bonchev–Trinajstić information content (AvgIpc) is 2.69. The van der Waals surface area contributed by atoms with Crippen LogP contribution in [0.15, 0.2) is 34.7 Å². The van der Waals surface area contributed by atoms with E-state index in [4.69, 9.17) is 17.3 Å². The molecule has 2 aromatic rings. The molecule has 78 valence electrons. The van der Waals surface area contributed by atoms with Crippen LogP contribution in [0, 0.1) is 0 Å². The molecule has 2 nitrogen and oxygen atoms in total. The monoisotopic (exact) mass is 256 g/mol. The zero-order valence-electron chi connectivity index (χ0n) is 7.81. The Morgan fingerprint density at radius 3 is 3.00 bits per heavy atom. The molecule has 2 N–H and O–H groups in total. The zero-order valence-corrected chi connectivity index (χ0v) is 10.2. The van der Waals surface area contributed by atoms with Gasteiger partial charge in [0.1, 0.15) is 5.01 Å². The summed E-state index contributed by atoms with van der Waals surface area (Å²) in [5.74, 6) is 0.851. The Balaban J connectivity index is 2.05. The van der Waals surface area contributed by atoms with Crippen LogP contribution < -0.4 is 5.73 Å². The van der Waals surface area contributed by atoms with E-state index in [-0.39, 0.29) is 0 Å². The van der Waals surface area contributed by atoms with Gasteiger partial charge in [-0.2, -0.15) is 0 Å². The Morgan fingerprint density at radius 1 is 1.47 bits per heavy atom. The molecule has 5 heteroatoms. The summed E-state index contributed by atoms with van der Waals surface area (Å²) in [5, 5.41) is 3.75. The molecule has 0 spiro atoms. The molecule has 0 fully saturated rings. The summed E-state index contributed by atoms with van der Waals surface area (Å²) in [5.41, 5.74) is 6.56. The summed E-state index contributed by atoms with van der Waals surface area (Å²) in [6.45, 7) is 0. The van der Waals surface area contributed by atoms with Crippen molar-refractivity contribution in [3.05, 3.63) is 39.8 Å². The maximum absolute atomic E-state index is 5.84. The molecule has 0 radical (unpaired) electrons. The lowest BCUT2D eigenvalue weighted by atomic mass is 10.3. The first-order chi connectivity index (χ1) is 7.25. The van der Waals surface area contributed by atoms with Gasteiger partial charge >= 0.3 is 0 Å². The summed E-state index contributed by atoms with van der Waals surface area (Å²) >= 11 is 9.15. The maximum Gasteiger partial charge on any atom is 0.103 e. The number of hydrogen-bond donors (Lipinski definition) is 1. The van der Waals surface area contributed by atoms with E-state index in [1.807, 2.05) is 23.7 Å². The van der Waals surface area contributed by atoms with Crippen LogP contribution in [-0.4, -0.2) is 4.98 Å². The molecule has 1 heterocycles. The summed E-state index contributed by atoms with van der Waals surface area (Å²) in [7, 11) is 0. The highest BCUT2D eigenvalue weighted by atomic mass is 35.5. The number of thiazole rings is 1. The Labute approximate surface area is 101 Å². The number of anilines is 1. The van der Waals surface area contributed by atoms with Crippen LogP contribution in [0.25, 0.3) is 0 Å². The third-order valence-electron chi connectivity index (χ3n) is 1.81. The van der Waals surface area contributed by atoms with E-state index in [0.29, 0.717) is 5.02 Å². The molecule has 0 amide bonds. The Bertz CT molecular complexity index is 443. The predicted octanol–water partition coefficient (Wildman–Crippen LogP) is 3.67. The third-order valence-corrected chi connectivity index (χ3v) is 4.10. The van der Waals surface area contributed by atoms with Crippen molar-refractivity contribution >= 4 is 40.4 Å². The van der Waals surface area contributed by atoms with E-state index < -0.39 is 0 Å². The minimum absolute atomic E-state index is 0.672. The van der Waals surface area contributed by atoms with Crippen molar-refractivity contribution in [2.45, 2.75) is 10.6 Å². The molecule has 0 unspecified atom stereocenters. The van der Waals surface area contributed by atoms with E-state index >= 15 is 0 Å². The third kappa shape index (κ3) is 2.87. The van der Waals surface area contributed by atoms with Gasteiger partial charge in [0, 0.05) is 27.2 Å². The van der Waals surface area contributed by atoms with Crippen molar-refractivity contribution in [2.24, 2.45) is 0 Å². The molecule has 0 saturated heterocycles. The van der Waals surface area contributed by atoms with Crippen molar-refractivity contribution in [1.29, 1.82) is 0 Å². The molecule has 0 aliphatic rings. The van der Waals surface area contributed by atoms with Crippen molar-refractivity contribution in [2.75, 3.05) is 5.73 Å². The summed E-state index contributed by atoms with van der Waals surface area (Å²) in [6, 6.07) is 5.56. The number of nitrogens with zero attached hydrogens (tertiary/aromatic N) is 1. The highest BCUT2D eigenvalue weighted by Gasteiger charge is 2.02. The normalized spacial score (nSPS) is 10.5. The lowest BCUT2D eigenvalue weighted by Crippen LogP contribution is -1.88. The summed E-state index contributed by atoms with van der Waals surface area (Å²) in [4.78, 5) is 5.26. The van der Waals surface area contributed by atoms with E-state index in [1.54, 1.807) is 29.2 Å². The average molecular weight is 257 g/mol. The van der Waals surface area contributed by atoms with Crippen LogP contribution in [-0.2, 0) is 5.75 Å². The van der Waals surface area contributed by atoms with Crippen LogP contribution in [0.1, 0.15) is 5.01 Å². The number of benzene rings is 1. The predicted molar refractivity (Wildman–Crippen MR) is 67.5 cm³/mol. The Kier molecular flexibility index (Phi) is 3.51. The number of aromatic nitrogens is 1. The first-order valence-corrected chi connectivity index (χ1v) is 6.56. The quantitative estimate of drug-likeness (QED) is 0.673. The van der Waals surface area contributed by atoms with Gasteiger partial charge in [-0.05, 0) is 18.2 Å². The molecule has 0 bridgehead atoms. The molecule has 15 heavy (non-hydrogen) atoms. The molecule has 0 atom stereocenters. The first kappa shape index (κ1) is 10.8. The SMILES string of the molecule is Nc1cc(Cl)ccc1SCc1nccs1. The first-order valence-electron chi connectivity index (χ1n) is 4.32. The number of halogens is 1. The fourth-order valence-electron chi connectivity index (χ4n) is 1.11. The summed E-state index contributed by atoms with van der Waals surface area (Å²) in [6.07, 6.45) is 1.81. The largest absolute Gasteiger partial charge is 0.398 e. The van der Waals surface area contributed by atoms with Crippen molar-refractivity contribution in [1.82, 2.24) is 4.98 Å². The van der Waals surface area contributed by atoms with E-state index in [1.165, 1.54) is 0 Å². The van der Waals surface area contributed by atoms with Crippen molar-refractivity contribution < 1.29 is 0 Å². The van der Waals surface area contributed by atoms with E-state index in [2.05, 4.69) is 4.98 Å². The standard InChI is InChI=1S/C10H9ClN2S2/c11-7-1-2-9(8(12)5-7)15-6-10-13-3-4-14-10/h1-5H,6,12H2. The smallest absolute Gasteiger partial charge is 0.103 e. The molecule has 0 aliphatic heterocycles. The second kappa shape index (κ2) is 4.88. The number of hydrogen-bond acceptors (Lipinski definition) is 4. The van der Waals surface area contributed by atoms with Gasteiger partial charge in [0.05, 0.1) is 5.75 Å². The second-order valence-electron chi connectivity index (χ2n) is 2.90. The summed E-state index contributed by atoms with van der Waals surface area (Å²) < 4.78 is 0. The molecular weight excluding hydrogens is 248 g/mol. The fourth-order valence-corrected chi connectivity index (χ4v) is 2.89. The van der Waals surface area contributed by atoms with E-state index in [0.717, 1.165) is 21.3 Å². The van der Waals surface area contributed by atoms with Gasteiger partial charge in [0.25, 0.3) is 0 Å². The second-order valence-corrected chi connectivity index (χ2v) is 5.33. The topological polar surface area (TPSA) is 38.9 Å². The van der Waals surface area contributed by atoms with Crippen LogP contribution in [0.3, 0.4) is 0 Å². The minimum atomic E-state index is 0.672. The van der Waals surface area contributed by atoms with E-state index in [9.17, 15) is 0 Å². The van der Waals surface area contributed by atoms with Gasteiger partial charge in [-0.3, -0.25) is 0 Å². The molecular formula is C10H9ClN2S2. The fraction of sp³-hybridized carbons (Fsp3) is 0.100. The van der Waals surface area contributed by atoms with Gasteiger partial charge in [0.2, 0.25) is 0 Å². The molecule has 2 rings (SSSR count). The van der Waals surface area contributed by atoms with Crippen LogP contribution in [0.4, 0.5) is 5.69 Å². The Hall–Kier alpha value is -0.710. The number of rotatable bonds is 3. The number of nitrogen functional groups attached to an aromatic ring is 1. The molecule has 1 aromatic carbocycles.